The Morgan fingerprint density at radius 1 is 1.60 bits per heavy atom. The minimum Gasteiger partial charge on any atom is -0.504 e. The first-order valence-electron chi connectivity index (χ1n) is 5.39. The van der Waals surface area contributed by atoms with Crippen LogP contribution in [-0.4, -0.2) is 36.3 Å². The van der Waals surface area contributed by atoms with E-state index in [-0.39, 0.29) is 33.6 Å². The maximum Gasteiger partial charge on any atom is 0.322 e. The van der Waals surface area contributed by atoms with Gasteiger partial charge in [0.15, 0.2) is 11.5 Å². The molecule has 1 rings (SSSR count). The van der Waals surface area contributed by atoms with Crippen molar-refractivity contribution in [1.29, 1.82) is 0 Å². The van der Waals surface area contributed by atoms with E-state index >= 15 is 0 Å². The van der Waals surface area contributed by atoms with Crippen molar-refractivity contribution in [1.82, 2.24) is 0 Å². The van der Waals surface area contributed by atoms with Gasteiger partial charge in [-0.2, -0.15) is 0 Å². The fourth-order valence-electron chi connectivity index (χ4n) is 1.59. The third-order valence-corrected chi connectivity index (χ3v) is 3.51. The number of hydrogen-bond acceptors (Lipinski definition) is 7. The van der Waals surface area contributed by atoms with E-state index in [9.17, 15) is 20.0 Å². The molecule has 0 aliphatic rings. The molecule has 9 heteroatoms. The maximum absolute atomic E-state index is 11.3. The number of ether oxygens (including phenoxy) is 2. The van der Waals surface area contributed by atoms with Gasteiger partial charge in [-0.15, -0.1) is 0 Å². The van der Waals surface area contributed by atoms with Gasteiger partial charge in [0, 0.05) is 12.0 Å². The molecular formula is C11H13BrN2O6. The molecule has 3 N–H and O–H groups in total. The molecule has 0 aliphatic heterocycles. The van der Waals surface area contributed by atoms with Crippen LogP contribution in [-0.2, 0) is 16.0 Å². The number of carbonyl (C=O) groups excluding carboxylic acids is 1. The van der Waals surface area contributed by atoms with Crippen LogP contribution in [0, 0.1) is 10.1 Å². The summed E-state index contributed by atoms with van der Waals surface area (Å²) in [5, 5.41) is 20.9. The molecule has 8 nitrogen and oxygen atoms in total. The molecule has 0 spiro atoms. The van der Waals surface area contributed by atoms with Gasteiger partial charge in [0.25, 0.3) is 5.69 Å². The Kier molecular flexibility index (Phi) is 5.28. The second-order valence-corrected chi connectivity index (χ2v) is 4.62. The van der Waals surface area contributed by atoms with Gasteiger partial charge >= 0.3 is 5.97 Å². The lowest BCUT2D eigenvalue weighted by molar-refractivity contribution is -0.385. The Hall–Kier alpha value is -1.87. The molecule has 1 aromatic carbocycles. The Labute approximate surface area is 122 Å². The molecule has 0 fully saturated rings. The number of phenolic OH excluding ortho intramolecular Hbond substituents is 1. The highest BCUT2D eigenvalue weighted by Crippen LogP contribution is 2.42. The molecule has 110 valence electrons. The van der Waals surface area contributed by atoms with Crippen molar-refractivity contribution >= 4 is 27.6 Å². The van der Waals surface area contributed by atoms with Crippen LogP contribution in [0.3, 0.4) is 0 Å². The summed E-state index contributed by atoms with van der Waals surface area (Å²) in [6, 6.07) is 0.0148. The number of nitrogens with zero attached hydrogens (tertiary/aromatic N) is 1. The Morgan fingerprint density at radius 3 is 2.65 bits per heavy atom. The average molecular weight is 349 g/mol. The number of hydrogen-bond donors (Lipinski definition) is 2. The topological polar surface area (TPSA) is 125 Å². The van der Waals surface area contributed by atoms with Crippen LogP contribution in [0.25, 0.3) is 0 Å². The van der Waals surface area contributed by atoms with Gasteiger partial charge in [-0.1, -0.05) is 0 Å². The zero-order valence-electron chi connectivity index (χ0n) is 10.8. The van der Waals surface area contributed by atoms with E-state index in [1.807, 2.05) is 0 Å². The van der Waals surface area contributed by atoms with Crippen molar-refractivity contribution in [2.75, 3.05) is 14.2 Å². The highest BCUT2D eigenvalue weighted by atomic mass is 79.9. The second-order valence-electron chi connectivity index (χ2n) is 3.83. The van der Waals surface area contributed by atoms with Gasteiger partial charge in [-0.3, -0.25) is 14.9 Å². The number of halogens is 1. The van der Waals surface area contributed by atoms with Crippen LogP contribution in [0.5, 0.6) is 11.5 Å². The van der Waals surface area contributed by atoms with E-state index in [1.54, 1.807) is 0 Å². The summed E-state index contributed by atoms with van der Waals surface area (Å²) in [5.74, 6) is -1.09. The molecule has 1 aromatic rings. The normalized spacial score (nSPS) is 11.8. The summed E-state index contributed by atoms with van der Waals surface area (Å²) in [7, 11) is 2.43. The van der Waals surface area contributed by atoms with Crippen molar-refractivity contribution in [3.8, 4) is 11.5 Å². The number of phenols is 1. The summed E-state index contributed by atoms with van der Waals surface area (Å²) in [6.07, 6.45) is -0.142. The first-order valence-corrected chi connectivity index (χ1v) is 6.18. The van der Waals surface area contributed by atoms with Crippen LogP contribution in [0.1, 0.15) is 5.56 Å². The molecule has 0 aromatic heterocycles. The van der Waals surface area contributed by atoms with Crippen LogP contribution in [0.4, 0.5) is 5.69 Å². The quantitative estimate of drug-likeness (QED) is 0.463. The highest BCUT2D eigenvalue weighted by Gasteiger charge is 2.26. The van der Waals surface area contributed by atoms with Gasteiger partial charge in [0.1, 0.15) is 10.5 Å². The van der Waals surface area contributed by atoms with Crippen molar-refractivity contribution in [3.63, 3.8) is 0 Å². The van der Waals surface area contributed by atoms with Crippen molar-refractivity contribution in [2.24, 2.45) is 5.73 Å². The number of nitro benzene ring substituents is 1. The molecule has 0 amide bonds. The molecule has 0 heterocycles. The Balaban J connectivity index is 3.33. The summed E-state index contributed by atoms with van der Waals surface area (Å²) in [4.78, 5) is 21.6. The minimum atomic E-state index is -1.06. The Morgan fingerprint density at radius 2 is 2.20 bits per heavy atom. The molecule has 0 bridgehead atoms. The SMILES string of the molecule is COC(=O)C(N)Cc1c(O)c(OC)cc([N+](=O)[O-])c1Br. The minimum absolute atomic E-state index is 0.0418. The zero-order chi connectivity index (χ0) is 15.4. The maximum atomic E-state index is 11.3. The summed E-state index contributed by atoms with van der Waals surface area (Å²) in [6.45, 7) is 0. The van der Waals surface area contributed by atoms with E-state index in [4.69, 9.17) is 10.5 Å². The van der Waals surface area contributed by atoms with Crippen LogP contribution in [0.15, 0.2) is 10.5 Å². The van der Waals surface area contributed by atoms with Crippen LogP contribution >= 0.6 is 15.9 Å². The number of rotatable bonds is 5. The van der Waals surface area contributed by atoms with Gasteiger partial charge in [0.05, 0.1) is 25.2 Å². The molecule has 1 unspecified atom stereocenters. The zero-order valence-corrected chi connectivity index (χ0v) is 12.3. The van der Waals surface area contributed by atoms with Crippen LogP contribution < -0.4 is 10.5 Å². The number of aromatic hydroxyl groups is 1. The monoisotopic (exact) mass is 348 g/mol. The number of carbonyl (C=O) groups is 1. The predicted octanol–water partition coefficient (Wildman–Crippen LogP) is 1.11. The number of esters is 1. The molecule has 0 radical (unpaired) electrons. The number of benzene rings is 1. The van der Waals surface area contributed by atoms with E-state index in [2.05, 4.69) is 20.7 Å². The van der Waals surface area contributed by atoms with Gasteiger partial charge in [-0.25, -0.2) is 0 Å². The van der Waals surface area contributed by atoms with Crippen molar-refractivity contribution in [2.45, 2.75) is 12.5 Å². The average Bonchev–Trinajstić information content (AvgIpc) is 2.42. The van der Waals surface area contributed by atoms with E-state index in [0.29, 0.717) is 0 Å². The highest BCUT2D eigenvalue weighted by molar-refractivity contribution is 9.10. The number of nitro groups is 1. The molecule has 1 atom stereocenters. The molecule has 0 saturated carbocycles. The third kappa shape index (κ3) is 3.17. The van der Waals surface area contributed by atoms with Crippen molar-refractivity contribution < 1.29 is 24.3 Å². The van der Waals surface area contributed by atoms with E-state index in [1.165, 1.54) is 14.2 Å². The molecule has 0 aliphatic carbocycles. The summed E-state index contributed by atoms with van der Waals surface area (Å²) in [5.41, 5.74) is 5.40. The van der Waals surface area contributed by atoms with Crippen LogP contribution in [0.2, 0.25) is 0 Å². The first-order chi connectivity index (χ1) is 9.33. The third-order valence-electron chi connectivity index (χ3n) is 2.62. The standard InChI is InChI=1S/C11H13BrN2O6/c1-19-8-4-7(14(17)18)9(12)5(10(8)15)3-6(13)11(16)20-2/h4,6,15H,3,13H2,1-2H3. The number of nitrogens with two attached hydrogens (primary N) is 1. The van der Waals surface area contributed by atoms with Gasteiger partial charge in [0.2, 0.25) is 0 Å². The first kappa shape index (κ1) is 16.2. The molecule has 20 heavy (non-hydrogen) atoms. The lowest BCUT2D eigenvalue weighted by atomic mass is 10.0. The lowest BCUT2D eigenvalue weighted by Gasteiger charge is -2.14. The number of methoxy groups -OCH3 is 2. The predicted molar refractivity (Wildman–Crippen MR) is 72.7 cm³/mol. The Bertz CT molecular complexity index is 548. The largest absolute Gasteiger partial charge is 0.504 e. The fourth-order valence-corrected chi connectivity index (χ4v) is 2.20. The summed E-state index contributed by atoms with van der Waals surface area (Å²) >= 11 is 3.03. The molecule has 0 saturated heterocycles. The van der Waals surface area contributed by atoms with Gasteiger partial charge in [-0.05, 0) is 15.9 Å². The second kappa shape index (κ2) is 6.53. The smallest absolute Gasteiger partial charge is 0.322 e. The van der Waals surface area contributed by atoms with E-state index in [0.717, 1.165) is 6.07 Å². The summed E-state index contributed by atoms with van der Waals surface area (Å²) < 4.78 is 9.38. The van der Waals surface area contributed by atoms with Crippen molar-refractivity contribution in [3.05, 3.63) is 26.2 Å². The van der Waals surface area contributed by atoms with Gasteiger partial charge < -0.3 is 20.3 Å². The fraction of sp³-hybridized carbons (Fsp3) is 0.364. The lowest BCUT2D eigenvalue weighted by Crippen LogP contribution is -2.33. The van der Waals surface area contributed by atoms with E-state index < -0.39 is 16.9 Å². The molecular weight excluding hydrogens is 336 g/mol.